The molecule has 0 amide bonds. The minimum absolute atomic E-state index is 0.285. The lowest BCUT2D eigenvalue weighted by Crippen LogP contribution is -2.45. The van der Waals surface area contributed by atoms with Gasteiger partial charge in [0.25, 0.3) is 0 Å². The van der Waals surface area contributed by atoms with Gasteiger partial charge in [0.05, 0.1) is 5.60 Å². The van der Waals surface area contributed by atoms with Crippen molar-refractivity contribution in [2.24, 2.45) is 35.0 Å². The molecule has 3 rings (SSSR count). The van der Waals surface area contributed by atoms with E-state index in [1.165, 1.54) is 38.5 Å². The molecule has 1 unspecified atom stereocenters. The Morgan fingerprint density at radius 1 is 1.21 bits per heavy atom. The van der Waals surface area contributed by atoms with Gasteiger partial charge in [-0.15, -0.1) is 0 Å². The molecule has 0 radical (unpaired) electrons. The maximum atomic E-state index is 12.1. The first-order valence-electron chi connectivity index (χ1n) is 10.5. The second-order valence-electron chi connectivity index (χ2n) is 9.95. The van der Waals surface area contributed by atoms with E-state index in [1.807, 2.05) is 13.8 Å². The van der Waals surface area contributed by atoms with E-state index < -0.39 is 5.60 Å². The number of rotatable bonds is 5. The topological polar surface area (TPSA) is 37.3 Å². The zero-order chi connectivity index (χ0) is 17.5. The van der Waals surface area contributed by atoms with Crippen LogP contribution in [0.4, 0.5) is 0 Å². The maximum Gasteiger partial charge on any atom is 0.133 e. The van der Waals surface area contributed by atoms with E-state index in [9.17, 15) is 9.90 Å². The minimum Gasteiger partial charge on any atom is -0.390 e. The second-order valence-corrected chi connectivity index (χ2v) is 9.95. The molecule has 0 bridgehead atoms. The van der Waals surface area contributed by atoms with Crippen molar-refractivity contribution in [3.63, 3.8) is 0 Å². The Morgan fingerprint density at radius 2 is 1.96 bits per heavy atom. The van der Waals surface area contributed by atoms with Gasteiger partial charge < -0.3 is 5.11 Å². The predicted molar refractivity (Wildman–Crippen MR) is 98.7 cm³/mol. The van der Waals surface area contributed by atoms with Crippen molar-refractivity contribution in [1.82, 2.24) is 0 Å². The summed E-state index contributed by atoms with van der Waals surface area (Å²) in [4.78, 5) is 12.1. The average molecular weight is 335 g/mol. The summed E-state index contributed by atoms with van der Waals surface area (Å²) in [6, 6.07) is 0. The third-order valence-corrected chi connectivity index (χ3v) is 8.14. The molecule has 0 spiro atoms. The van der Waals surface area contributed by atoms with E-state index in [2.05, 4.69) is 13.8 Å². The zero-order valence-corrected chi connectivity index (χ0v) is 16.3. The normalized spacial score (nSPS) is 44.5. The zero-order valence-electron chi connectivity index (χ0n) is 16.3. The van der Waals surface area contributed by atoms with Gasteiger partial charge in [0, 0.05) is 5.92 Å². The fourth-order valence-corrected chi connectivity index (χ4v) is 7.19. The largest absolute Gasteiger partial charge is 0.390 e. The van der Waals surface area contributed by atoms with Gasteiger partial charge in [0.15, 0.2) is 0 Å². The third kappa shape index (κ3) is 3.32. The highest BCUT2D eigenvalue weighted by molar-refractivity contribution is 5.79. The van der Waals surface area contributed by atoms with Crippen LogP contribution in [-0.2, 0) is 4.79 Å². The van der Waals surface area contributed by atoms with Crippen LogP contribution in [0.1, 0.15) is 91.9 Å². The molecule has 0 aromatic rings. The van der Waals surface area contributed by atoms with Gasteiger partial charge >= 0.3 is 0 Å². The van der Waals surface area contributed by atoms with Crippen molar-refractivity contribution in [3.8, 4) is 0 Å². The van der Waals surface area contributed by atoms with Crippen LogP contribution in [0.25, 0.3) is 0 Å². The van der Waals surface area contributed by atoms with E-state index in [0.29, 0.717) is 17.6 Å². The fraction of sp³-hybridized carbons (Fsp3) is 0.955. The van der Waals surface area contributed by atoms with Crippen molar-refractivity contribution >= 4 is 5.78 Å². The average Bonchev–Trinajstić information content (AvgIpc) is 2.84. The summed E-state index contributed by atoms with van der Waals surface area (Å²) >= 11 is 0. The van der Waals surface area contributed by atoms with Crippen molar-refractivity contribution < 1.29 is 9.90 Å². The number of hydrogen-bond acceptors (Lipinski definition) is 2. The third-order valence-electron chi connectivity index (χ3n) is 8.14. The van der Waals surface area contributed by atoms with Crippen molar-refractivity contribution in [3.05, 3.63) is 0 Å². The predicted octanol–water partition coefficient (Wildman–Crippen LogP) is 5.38. The number of fused-ring (bicyclic) bond motifs is 3. The van der Waals surface area contributed by atoms with Crippen LogP contribution in [0, 0.1) is 35.0 Å². The van der Waals surface area contributed by atoms with E-state index in [4.69, 9.17) is 0 Å². The quantitative estimate of drug-likeness (QED) is 0.733. The summed E-state index contributed by atoms with van der Waals surface area (Å²) in [5.41, 5.74) is -0.184. The van der Waals surface area contributed by atoms with Crippen LogP contribution >= 0.6 is 0 Å². The number of carbonyl (C=O) groups excluding carboxylic acids is 1. The van der Waals surface area contributed by atoms with Gasteiger partial charge in [-0.25, -0.2) is 0 Å². The summed E-state index contributed by atoms with van der Waals surface area (Å²) < 4.78 is 0. The molecule has 0 aromatic heterocycles. The molecule has 7 atom stereocenters. The fourth-order valence-electron chi connectivity index (χ4n) is 7.19. The highest BCUT2D eigenvalue weighted by atomic mass is 16.3. The molecule has 0 heterocycles. The summed E-state index contributed by atoms with van der Waals surface area (Å²) in [6.07, 6.45) is 11.9. The highest BCUT2D eigenvalue weighted by Gasteiger charge is 2.55. The Balaban J connectivity index is 1.65. The van der Waals surface area contributed by atoms with Crippen LogP contribution in [0.5, 0.6) is 0 Å². The summed E-state index contributed by atoms with van der Waals surface area (Å²) in [5, 5.41) is 10.6. The Bertz CT molecular complexity index is 469. The summed E-state index contributed by atoms with van der Waals surface area (Å²) in [5.74, 6) is 3.95. The van der Waals surface area contributed by atoms with Crippen LogP contribution in [0.3, 0.4) is 0 Å². The van der Waals surface area contributed by atoms with E-state index in [1.54, 1.807) is 0 Å². The standard InChI is InChI=1S/C22H38O2/c1-5-11-21(3,24)14-16-6-7-18-17(13-16)10-12-22(4)19(15(2)23)8-9-20(18)22/h16-20,24H,5-14H2,1-4H3/t16-,17-,18-,19-,20+,21?,22-/m1/s1. The molecule has 24 heavy (non-hydrogen) atoms. The van der Waals surface area contributed by atoms with Crippen LogP contribution in [-0.4, -0.2) is 16.5 Å². The molecule has 0 aromatic carbocycles. The number of aliphatic hydroxyl groups is 1. The molecular weight excluding hydrogens is 296 g/mol. The molecule has 3 saturated carbocycles. The molecule has 3 fully saturated rings. The second kappa shape index (κ2) is 6.74. The van der Waals surface area contributed by atoms with E-state index >= 15 is 0 Å². The number of hydrogen-bond donors (Lipinski definition) is 1. The van der Waals surface area contributed by atoms with Gasteiger partial charge in [0.2, 0.25) is 0 Å². The molecule has 3 aliphatic rings. The minimum atomic E-state index is -0.470. The molecular formula is C22H38O2. The first-order valence-corrected chi connectivity index (χ1v) is 10.5. The number of carbonyl (C=O) groups is 1. The lowest BCUT2D eigenvalue weighted by molar-refractivity contribution is -0.127. The van der Waals surface area contributed by atoms with Gasteiger partial charge in [-0.05, 0) is 94.3 Å². The molecule has 2 heteroatoms. The number of Topliss-reactive ketones (excluding diaryl/α,β-unsaturated/α-hetero) is 1. The molecule has 3 aliphatic carbocycles. The van der Waals surface area contributed by atoms with Gasteiger partial charge in [0.1, 0.15) is 5.78 Å². The molecule has 1 N–H and O–H groups in total. The first-order chi connectivity index (χ1) is 11.3. The van der Waals surface area contributed by atoms with Crippen LogP contribution in [0.2, 0.25) is 0 Å². The van der Waals surface area contributed by atoms with Crippen molar-refractivity contribution in [1.29, 1.82) is 0 Å². The van der Waals surface area contributed by atoms with Crippen LogP contribution < -0.4 is 0 Å². The summed E-state index contributed by atoms with van der Waals surface area (Å²) in [6.45, 7) is 8.44. The van der Waals surface area contributed by atoms with Crippen molar-refractivity contribution in [2.45, 2.75) is 97.5 Å². The maximum absolute atomic E-state index is 12.1. The van der Waals surface area contributed by atoms with Gasteiger partial charge in [-0.3, -0.25) is 4.79 Å². The van der Waals surface area contributed by atoms with Crippen LogP contribution in [0.15, 0.2) is 0 Å². The Morgan fingerprint density at radius 3 is 2.62 bits per heavy atom. The Hall–Kier alpha value is -0.370. The number of ketones is 1. The first kappa shape index (κ1) is 18.4. The Kier molecular flexibility index (Phi) is 5.17. The molecule has 138 valence electrons. The SMILES string of the molecule is CCCC(C)(O)C[C@@H]1CC[C@@H]2[C@H](CC[C@]3(C)[C@@H](C(C)=O)CC[C@@H]23)C1. The highest BCUT2D eigenvalue weighted by Crippen LogP contribution is 2.62. The smallest absolute Gasteiger partial charge is 0.133 e. The van der Waals surface area contributed by atoms with Crippen molar-refractivity contribution in [2.75, 3.05) is 0 Å². The van der Waals surface area contributed by atoms with E-state index in [-0.39, 0.29) is 5.41 Å². The lowest BCUT2D eigenvalue weighted by atomic mass is 9.53. The van der Waals surface area contributed by atoms with Gasteiger partial charge in [-0.1, -0.05) is 26.7 Å². The van der Waals surface area contributed by atoms with E-state index in [0.717, 1.165) is 43.4 Å². The summed E-state index contributed by atoms with van der Waals surface area (Å²) in [7, 11) is 0. The molecule has 0 aliphatic heterocycles. The Labute approximate surface area is 148 Å². The molecule has 0 saturated heterocycles. The monoisotopic (exact) mass is 334 g/mol. The lowest BCUT2D eigenvalue weighted by Gasteiger charge is -2.52. The molecule has 2 nitrogen and oxygen atoms in total. The van der Waals surface area contributed by atoms with Gasteiger partial charge in [-0.2, -0.15) is 0 Å².